The Kier molecular flexibility index (Phi) is 4.47. The second-order valence-electron chi connectivity index (χ2n) is 3.55. The van der Waals surface area contributed by atoms with E-state index in [9.17, 15) is 4.79 Å². The van der Waals surface area contributed by atoms with Crippen molar-refractivity contribution < 1.29 is 23.9 Å². The van der Waals surface area contributed by atoms with E-state index < -0.39 is 0 Å². The quantitative estimate of drug-likeness (QED) is 0.604. The van der Waals surface area contributed by atoms with Gasteiger partial charge >= 0.3 is 72.3 Å². The van der Waals surface area contributed by atoms with E-state index in [1.165, 1.54) is 0 Å². The summed E-state index contributed by atoms with van der Waals surface area (Å²) >= 11 is -0.356. The molecule has 10 heavy (non-hydrogen) atoms. The Hall–Kier alpha value is 0.384. The molecule has 2 heteroatoms. The van der Waals surface area contributed by atoms with Crippen molar-refractivity contribution in [1.29, 1.82) is 0 Å². The molecular formula is C8H16OTi. The molecule has 0 aromatic heterocycles. The maximum atomic E-state index is 11.1. The van der Waals surface area contributed by atoms with E-state index in [2.05, 4.69) is 27.7 Å². The zero-order valence-corrected chi connectivity index (χ0v) is 8.88. The van der Waals surface area contributed by atoms with Crippen LogP contribution in [0.4, 0.5) is 0 Å². The Bertz CT molecular complexity index is 113. The van der Waals surface area contributed by atoms with Crippen molar-refractivity contribution in [2.45, 2.75) is 44.3 Å². The summed E-state index contributed by atoms with van der Waals surface area (Å²) in [6.45, 7) is 8.52. The Balaban J connectivity index is 3.58. The third-order valence-corrected chi connectivity index (χ3v) is 2.99. The van der Waals surface area contributed by atoms with Crippen molar-refractivity contribution >= 4 is 4.09 Å². The fourth-order valence-corrected chi connectivity index (χ4v) is 2.60. The molecule has 0 heterocycles. The fourth-order valence-electron chi connectivity index (χ4n) is 0.708. The van der Waals surface area contributed by atoms with Crippen molar-refractivity contribution in [3.05, 3.63) is 0 Å². The summed E-state index contributed by atoms with van der Waals surface area (Å²) in [5, 5.41) is 0. The molecular weight excluding hydrogens is 160 g/mol. The molecule has 0 amide bonds. The summed E-state index contributed by atoms with van der Waals surface area (Å²) in [7, 11) is 0. The first kappa shape index (κ1) is 10.4. The predicted molar refractivity (Wildman–Crippen MR) is 39.6 cm³/mol. The Morgan fingerprint density at radius 3 is 2.20 bits per heavy atom. The van der Waals surface area contributed by atoms with Crippen LogP contribution in [0.1, 0.15) is 40.5 Å². The second-order valence-corrected chi connectivity index (χ2v) is 7.15. The first-order valence-corrected chi connectivity index (χ1v) is 5.33. The molecule has 58 valence electrons. The van der Waals surface area contributed by atoms with Crippen LogP contribution in [0.25, 0.3) is 0 Å². The zero-order valence-electron chi connectivity index (χ0n) is 7.32. The Labute approximate surface area is 72.5 Å². The third-order valence-electron chi connectivity index (χ3n) is 0.991. The van der Waals surface area contributed by atoms with Gasteiger partial charge in [-0.25, -0.2) is 0 Å². The molecule has 1 nitrogen and oxygen atoms in total. The van der Waals surface area contributed by atoms with Gasteiger partial charge in [-0.15, -0.1) is 0 Å². The summed E-state index contributed by atoms with van der Waals surface area (Å²) in [6, 6.07) is 0. The summed E-state index contributed by atoms with van der Waals surface area (Å²) in [6.07, 6.45) is 1.82. The van der Waals surface area contributed by atoms with Crippen molar-refractivity contribution in [3.8, 4) is 0 Å². The molecule has 0 aliphatic carbocycles. The van der Waals surface area contributed by atoms with Crippen LogP contribution in [-0.2, 0) is 23.9 Å². The van der Waals surface area contributed by atoms with Gasteiger partial charge < -0.3 is 0 Å². The average Bonchev–Trinajstić information content (AvgIpc) is 1.59. The van der Waals surface area contributed by atoms with Crippen molar-refractivity contribution in [2.24, 2.45) is 0 Å². The number of carbonyl (C=O) groups is 1. The molecule has 0 fully saturated rings. The van der Waals surface area contributed by atoms with Crippen LogP contribution < -0.4 is 0 Å². The molecule has 0 aliphatic rings. The van der Waals surface area contributed by atoms with E-state index in [4.69, 9.17) is 0 Å². The van der Waals surface area contributed by atoms with Gasteiger partial charge in [0.15, 0.2) is 0 Å². The number of hydrogen-bond donors (Lipinski definition) is 0. The fraction of sp³-hybridized carbons (Fsp3) is 0.875. The van der Waals surface area contributed by atoms with Crippen LogP contribution >= 0.6 is 0 Å². The van der Waals surface area contributed by atoms with Gasteiger partial charge in [0.1, 0.15) is 0 Å². The molecule has 0 aliphatic heterocycles. The molecule has 0 N–H and O–H groups in total. The van der Waals surface area contributed by atoms with E-state index in [0.29, 0.717) is 7.81 Å². The molecule has 0 bridgehead atoms. The molecule has 0 saturated carbocycles. The summed E-state index contributed by atoms with van der Waals surface area (Å²) in [4.78, 5) is 11.1. The van der Waals surface area contributed by atoms with Crippen LogP contribution in [0.5, 0.6) is 0 Å². The van der Waals surface area contributed by atoms with E-state index in [0.717, 1.165) is 12.8 Å². The van der Waals surface area contributed by atoms with Crippen LogP contribution in [0.2, 0.25) is 3.72 Å². The van der Waals surface area contributed by atoms with E-state index in [-0.39, 0.29) is 19.2 Å². The summed E-state index contributed by atoms with van der Waals surface area (Å²) in [5.74, 6) is 0. The minimum atomic E-state index is -0.356. The van der Waals surface area contributed by atoms with Crippen LogP contribution in [-0.4, -0.2) is 4.09 Å². The maximum absolute atomic E-state index is 11.1. The molecule has 0 radical (unpaired) electrons. The number of rotatable bonds is 3. The van der Waals surface area contributed by atoms with Gasteiger partial charge in [-0.1, -0.05) is 0 Å². The van der Waals surface area contributed by atoms with Crippen LogP contribution in [0.3, 0.4) is 0 Å². The first-order chi connectivity index (χ1) is 4.45. The van der Waals surface area contributed by atoms with Gasteiger partial charge in [0.05, 0.1) is 0 Å². The number of hydrogen-bond acceptors (Lipinski definition) is 1. The molecule has 0 aromatic rings. The van der Waals surface area contributed by atoms with Crippen molar-refractivity contribution in [3.63, 3.8) is 0 Å². The standard InChI is InChI=1S/C4H7O.C4H9.Ti/c1-2-3-4-5;1-4(2)3;/h2-3H2,1H3;1-3H3;. The van der Waals surface area contributed by atoms with Crippen LogP contribution in [0, 0.1) is 0 Å². The van der Waals surface area contributed by atoms with Gasteiger partial charge in [0.25, 0.3) is 0 Å². The Morgan fingerprint density at radius 2 is 1.90 bits per heavy atom. The van der Waals surface area contributed by atoms with Gasteiger partial charge in [-0.05, 0) is 0 Å². The van der Waals surface area contributed by atoms with Gasteiger partial charge in [-0.3, -0.25) is 0 Å². The van der Waals surface area contributed by atoms with Crippen LogP contribution in [0.15, 0.2) is 0 Å². The zero-order chi connectivity index (χ0) is 8.20. The summed E-state index contributed by atoms with van der Waals surface area (Å²) < 4.78 is 0.821. The van der Waals surface area contributed by atoms with Gasteiger partial charge in [-0.2, -0.15) is 0 Å². The van der Waals surface area contributed by atoms with Crippen molar-refractivity contribution in [1.82, 2.24) is 0 Å². The minimum absolute atomic E-state index is 0.298. The molecule has 0 saturated heterocycles. The summed E-state index contributed by atoms with van der Waals surface area (Å²) in [5.41, 5.74) is 0. The van der Waals surface area contributed by atoms with E-state index >= 15 is 0 Å². The normalized spacial score (nSPS) is 11.2. The number of carbonyl (C=O) groups excluding carboxylic acids is 1. The first-order valence-electron chi connectivity index (χ1n) is 3.76. The topological polar surface area (TPSA) is 17.1 Å². The molecule has 0 unspecified atom stereocenters. The third kappa shape index (κ3) is 6.50. The Morgan fingerprint density at radius 1 is 1.40 bits per heavy atom. The molecule has 0 spiro atoms. The predicted octanol–water partition coefficient (Wildman–Crippen LogP) is 2.61. The average molecular weight is 176 g/mol. The second kappa shape index (κ2) is 4.30. The van der Waals surface area contributed by atoms with Gasteiger partial charge in [0.2, 0.25) is 0 Å². The molecule has 0 aromatic carbocycles. The van der Waals surface area contributed by atoms with Gasteiger partial charge in [0, 0.05) is 0 Å². The SMILES string of the molecule is CCC[C](=O)[Ti][C](C)(C)C. The molecule has 0 rings (SSSR count). The monoisotopic (exact) mass is 176 g/mol. The molecule has 0 atom stereocenters. The van der Waals surface area contributed by atoms with Crippen molar-refractivity contribution in [2.75, 3.05) is 0 Å². The van der Waals surface area contributed by atoms with E-state index in [1.54, 1.807) is 0 Å². The van der Waals surface area contributed by atoms with E-state index in [1.807, 2.05) is 0 Å².